The van der Waals surface area contributed by atoms with Gasteiger partial charge in [-0.2, -0.15) is 0 Å². The minimum Gasteiger partial charge on any atom is -0.452 e. The zero-order valence-electron chi connectivity index (χ0n) is 16.2. The van der Waals surface area contributed by atoms with Gasteiger partial charge in [-0.1, -0.05) is 36.0 Å². The Bertz CT molecular complexity index is 934. The van der Waals surface area contributed by atoms with Crippen LogP contribution in [-0.4, -0.2) is 35.3 Å². The molecule has 1 saturated heterocycles. The van der Waals surface area contributed by atoms with Crippen LogP contribution in [-0.2, 0) is 4.74 Å². The van der Waals surface area contributed by atoms with Crippen LogP contribution in [0.25, 0.3) is 0 Å². The average molecular weight is 426 g/mol. The standard InChI is InChI=1S/C22H23N3O2S2/c1-26-15-7-14-25-21(20(24-22(25)28)17-10-5-6-13-23-17)18-11-12-19(27-18)29-16-8-3-2-4-9-16/h2-6,8-13,20-21H,7,14-15H2,1H3,(H,24,28). The van der Waals surface area contributed by atoms with Gasteiger partial charge < -0.3 is 19.4 Å². The van der Waals surface area contributed by atoms with E-state index in [1.54, 1.807) is 18.9 Å². The van der Waals surface area contributed by atoms with E-state index in [4.69, 9.17) is 21.4 Å². The molecule has 0 amide bonds. The molecule has 0 bridgehead atoms. The van der Waals surface area contributed by atoms with Crippen LogP contribution in [0, 0.1) is 0 Å². The maximum atomic E-state index is 6.27. The van der Waals surface area contributed by atoms with Gasteiger partial charge in [0.05, 0.1) is 11.7 Å². The van der Waals surface area contributed by atoms with Crippen molar-refractivity contribution in [2.75, 3.05) is 20.3 Å². The van der Waals surface area contributed by atoms with Crippen molar-refractivity contribution in [2.24, 2.45) is 0 Å². The third kappa shape index (κ3) is 4.63. The number of hydrogen-bond acceptors (Lipinski definition) is 5. The van der Waals surface area contributed by atoms with E-state index < -0.39 is 0 Å². The fourth-order valence-corrected chi connectivity index (χ4v) is 4.62. The third-order valence-electron chi connectivity index (χ3n) is 4.80. The molecule has 1 aliphatic rings. The fraction of sp³-hybridized carbons (Fsp3) is 0.273. The lowest BCUT2D eigenvalue weighted by Gasteiger charge is -2.25. The maximum absolute atomic E-state index is 6.27. The van der Waals surface area contributed by atoms with Crippen molar-refractivity contribution in [3.05, 3.63) is 78.3 Å². The zero-order valence-corrected chi connectivity index (χ0v) is 17.8. The van der Waals surface area contributed by atoms with Gasteiger partial charge in [0.2, 0.25) is 0 Å². The molecular weight excluding hydrogens is 402 g/mol. The first-order valence-electron chi connectivity index (χ1n) is 9.56. The molecule has 7 heteroatoms. The fourth-order valence-electron chi connectivity index (χ4n) is 3.49. The van der Waals surface area contributed by atoms with Crippen LogP contribution in [0.1, 0.15) is 30.0 Å². The van der Waals surface area contributed by atoms with Gasteiger partial charge in [0, 0.05) is 31.4 Å². The average Bonchev–Trinajstić information content (AvgIpc) is 3.34. The largest absolute Gasteiger partial charge is 0.452 e. The summed E-state index contributed by atoms with van der Waals surface area (Å²) in [6, 6.07) is 20.1. The number of pyridine rings is 1. The number of furan rings is 1. The first-order chi connectivity index (χ1) is 14.3. The first kappa shape index (κ1) is 19.9. The number of aromatic nitrogens is 1. The second-order valence-corrected chi connectivity index (χ2v) is 8.20. The molecule has 5 nitrogen and oxygen atoms in total. The summed E-state index contributed by atoms with van der Waals surface area (Å²) in [7, 11) is 1.72. The molecule has 150 valence electrons. The maximum Gasteiger partial charge on any atom is 0.170 e. The van der Waals surface area contributed by atoms with Gasteiger partial charge >= 0.3 is 0 Å². The van der Waals surface area contributed by atoms with Gasteiger partial charge in [-0.25, -0.2) is 0 Å². The Morgan fingerprint density at radius 3 is 2.72 bits per heavy atom. The minimum absolute atomic E-state index is 0.0561. The highest BCUT2D eigenvalue weighted by atomic mass is 32.2. The minimum atomic E-state index is -0.0630. The monoisotopic (exact) mass is 425 g/mol. The van der Waals surface area contributed by atoms with E-state index in [2.05, 4.69) is 27.3 Å². The van der Waals surface area contributed by atoms with Crippen LogP contribution < -0.4 is 5.32 Å². The van der Waals surface area contributed by atoms with Crippen LogP contribution in [0.4, 0.5) is 0 Å². The molecule has 0 saturated carbocycles. The van der Waals surface area contributed by atoms with E-state index in [0.717, 1.165) is 39.5 Å². The number of thiocarbonyl (C=S) groups is 1. The summed E-state index contributed by atoms with van der Waals surface area (Å²) in [4.78, 5) is 7.89. The van der Waals surface area contributed by atoms with Gasteiger partial charge in [0.15, 0.2) is 10.2 Å². The highest BCUT2D eigenvalue weighted by Gasteiger charge is 2.41. The third-order valence-corrected chi connectivity index (χ3v) is 6.08. The lowest BCUT2D eigenvalue weighted by Crippen LogP contribution is -2.31. The molecule has 29 heavy (non-hydrogen) atoms. The van der Waals surface area contributed by atoms with Crippen molar-refractivity contribution in [3.63, 3.8) is 0 Å². The number of nitrogens with one attached hydrogen (secondary N) is 1. The summed E-state index contributed by atoms with van der Waals surface area (Å²) in [5.41, 5.74) is 0.947. The highest BCUT2D eigenvalue weighted by molar-refractivity contribution is 7.99. The van der Waals surface area contributed by atoms with Crippen LogP contribution in [0.5, 0.6) is 0 Å². The topological polar surface area (TPSA) is 50.5 Å². The molecule has 2 aromatic heterocycles. The Kier molecular flexibility index (Phi) is 6.49. The molecule has 1 aromatic carbocycles. The zero-order chi connectivity index (χ0) is 20.1. The van der Waals surface area contributed by atoms with E-state index in [-0.39, 0.29) is 12.1 Å². The van der Waals surface area contributed by atoms with Gasteiger partial charge in [0.25, 0.3) is 0 Å². The number of rotatable bonds is 8. The van der Waals surface area contributed by atoms with E-state index in [1.165, 1.54) is 0 Å². The summed E-state index contributed by atoms with van der Waals surface area (Å²) in [5, 5.41) is 5.02. The molecule has 0 aliphatic carbocycles. The number of ether oxygens (including phenoxy) is 1. The molecule has 3 heterocycles. The molecule has 1 aliphatic heterocycles. The predicted octanol–water partition coefficient (Wildman–Crippen LogP) is 4.83. The van der Waals surface area contributed by atoms with Crippen molar-refractivity contribution in [3.8, 4) is 0 Å². The lowest BCUT2D eigenvalue weighted by molar-refractivity contribution is 0.176. The van der Waals surface area contributed by atoms with Gasteiger partial charge in [-0.15, -0.1) is 0 Å². The van der Waals surface area contributed by atoms with Crippen LogP contribution in [0.15, 0.2) is 81.3 Å². The van der Waals surface area contributed by atoms with Crippen LogP contribution >= 0.6 is 24.0 Å². The highest BCUT2D eigenvalue weighted by Crippen LogP contribution is 2.41. The van der Waals surface area contributed by atoms with Gasteiger partial charge in [-0.3, -0.25) is 4.98 Å². The van der Waals surface area contributed by atoms with E-state index in [9.17, 15) is 0 Å². The van der Waals surface area contributed by atoms with Crippen molar-refractivity contribution >= 4 is 29.1 Å². The first-order valence-corrected chi connectivity index (χ1v) is 10.8. The molecule has 4 rings (SSSR count). The Labute approximate surface area is 180 Å². The Morgan fingerprint density at radius 2 is 1.97 bits per heavy atom. The molecule has 2 atom stereocenters. The summed E-state index contributed by atoms with van der Waals surface area (Å²) in [6.45, 7) is 1.48. The van der Waals surface area contributed by atoms with Crippen LogP contribution in [0.2, 0.25) is 0 Å². The quantitative estimate of drug-likeness (QED) is 0.409. The Balaban J connectivity index is 1.61. The number of methoxy groups -OCH3 is 1. The smallest absolute Gasteiger partial charge is 0.170 e. The molecule has 1 N–H and O–H groups in total. The SMILES string of the molecule is COCCCN1C(=S)NC(c2ccccn2)C1c1ccc(Sc2ccccc2)o1. The number of hydrogen-bond donors (Lipinski definition) is 1. The van der Waals surface area contributed by atoms with Gasteiger partial charge in [0.1, 0.15) is 11.8 Å². The summed E-state index contributed by atoms with van der Waals surface area (Å²) in [5.74, 6) is 0.879. The Hall–Kier alpha value is -2.35. The number of benzene rings is 1. The van der Waals surface area contributed by atoms with E-state index in [1.807, 2.05) is 54.7 Å². The summed E-state index contributed by atoms with van der Waals surface area (Å²) in [6.07, 6.45) is 2.69. The van der Waals surface area contributed by atoms with Crippen molar-refractivity contribution < 1.29 is 9.15 Å². The van der Waals surface area contributed by atoms with E-state index >= 15 is 0 Å². The molecule has 0 radical (unpaired) electrons. The molecule has 1 fully saturated rings. The molecular formula is C22H23N3O2S2. The molecule has 3 aromatic rings. The van der Waals surface area contributed by atoms with Crippen molar-refractivity contribution in [1.82, 2.24) is 15.2 Å². The second-order valence-electron chi connectivity index (χ2n) is 6.74. The molecule has 0 spiro atoms. The van der Waals surface area contributed by atoms with E-state index in [0.29, 0.717) is 6.61 Å². The van der Waals surface area contributed by atoms with Crippen LogP contribution in [0.3, 0.4) is 0 Å². The molecule has 2 unspecified atom stereocenters. The normalized spacial score (nSPS) is 18.8. The summed E-state index contributed by atoms with van der Waals surface area (Å²) < 4.78 is 11.5. The lowest BCUT2D eigenvalue weighted by atomic mass is 10.0. The van der Waals surface area contributed by atoms with Gasteiger partial charge in [-0.05, 0) is 55.0 Å². The Morgan fingerprint density at radius 1 is 1.14 bits per heavy atom. The second kappa shape index (κ2) is 9.43. The predicted molar refractivity (Wildman–Crippen MR) is 118 cm³/mol. The summed E-state index contributed by atoms with van der Waals surface area (Å²) >= 11 is 7.27. The van der Waals surface area contributed by atoms with Crippen molar-refractivity contribution in [2.45, 2.75) is 28.5 Å². The number of nitrogens with zero attached hydrogens (tertiary/aromatic N) is 2. The van der Waals surface area contributed by atoms with Crippen molar-refractivity contribution in [1.29, 1.82) is 0 Å².